The molecule has 3 aliphatic heterocycles. The summed E-state index contributed by atoms with van der Waals surface area (Å²) in [6, 6.07) is -2.76. The lowest BCUT2D eigenvalue weighted by Gasteiger charge is -2.49. The molecule has 238 valence electrons. The van der Waals surface area contributed by atoms with Crippen LogP contribution in [0.1, 0.15) is 13.8 Å². The third-order valence-corrected chi connectivity index (χ3v) is 7.11. The van der Waals surface area contributed by atoms with Crippen molar-refractivity contribution in [2.45, 2.75) is 106 Å². The molecule has 3 aliphatic rings. The fraction of sp³-hybridized carbons (Fsp3) is 0.913. The Hall–Kier alpha value is -1.62. The maximum absolute atomic E-state index is 11.8. The molecule has 3 heterocycles. The third kappa shape index (κ3) is 7.48. The van der Waals surface area contributed by atoms with Crippen molar-refractivity contribution in [3.63, 3.8) is 0 Å². The summed E-state index contributed by atoms with van der Waals surface area (Å²) < 4.78 is 33.8. The Morgan fingerprint density at radius 1 is 0.610 bits per heavy atom. The molecular weight excluding hydrogens is 560 g/mol. The standard InChI is InChI=1S/C23H40N2O16/c1-7(29)24-12-16(33)14(31)9(4-26)37-21(12)40-19-11(6-28)39-23(36-3)20(18(19)35)41-22-13(25-8(2)30)17(34)15(32)10(5-27)38-22/h9-23,26-28,31-35H,4-6H2,1-3H3,(H,24,29)(H,25,30). The monoisotopic (exact) mass is 600 g/mol. The molecule has 15 unspecified atom stereocenters. The van der Waals surface area contributed by atoms with Crippen LogP contribution in [0, 0.1) is 0 Å². The molecule has 3 saturated heterocycles. The number of rotatable bonds is 10. The van der Waals surface area contributed by atoms with E-state index in [1.165, 1.54) is 7.11 Å². The summed E-state index contributed by atoms with van der Waals surface area (Å²) in [7, 11) is 1.20. The van der Waals surface area contributed by atoms with Crippen LogP contribution in [-0.2, 0) is 38.0 Å². The number of nitrogens with one attached hydrogen (secondary N) is 2. The Kier molecular flexibility index (Phi) is 12.2. The molecule has 0 radical (unpaired) electrons. The van der Waals surface area contributed by atoms with E-state index < -0.39 is 124 Å². The minimum absolute atomic E-state index is 0.621. The maximum Gasteiger partial charge on any atom is 0.217 e. The summed E-state index contributed by atoms with van der Waals surface area (Å²) in [4.78, 5) is 23.6. The number of carbonyl (C=O) groups excluding carboxylic acids is 2. The van der Waals surface area contributed by atoms with Gasteiger partial charge in [0.25, 0.3) is 0 Å². The lowest BCUT2D eigenvalue weighted by molar-refractivity contribution is -0.372. The summed E-state index contributed by atoms with van der Waals surface area (Å²) in [5, 5.41) is 87.0. The van der Waals surface area contributed by atoms with Gasteiger partial charge in [-0.15, -0.1) is 0 Å². The predicted octanol–water partition coefficient (Wildman–Crippen LogP) is -6.63. The molecule has 0 saturated carbocycles. The molecule has 0 aromatic rings. The zero-order valence-corrected chi connectivity index (χ0v) is 22.6. The molecule has 0 spiro atoms. The fourth-order valence-corrected chi connectivity index (χ4v) is 5.03. The molecule has 0 bridgehead atoms. The molecular formula is C23H40N2O16. The van der Waals surface area contributed by atoms with Crippen molar-refractivity contribution in [1.29, 1.82) is 0 Å². The molecule has 18 heteroatoms. The van der Waals surface area contributed by atoms with Gasteiger partial charge in [-0.25, -0.2) is 0 Å². The minimum atomic E-state index is -1.75. The first-order valence-electron chi connectivity index (χ1n) is 13.0. The Morgan fingerprint density at radius 2 is 1.00 bits per heavy atom. The molecule has 3 rings (SSSR count). The van der Waals surface area contributed by atoms with Gasteiger partial charge in [-0.1, -0.05) is 0 Å². The summed E-state index contributed by atoms with van der Waals surface area (Å²) in [6.07, 6.45) is -19.9. The summed E-state index contributed by atoms with van der Waals surface area (Å²) in [5.74, 6) is -1.25. The van der Waals surface area contributed by atoms with Crippen LogP contribution < -0.4 is 10.6 Å². The van der Waals surface area contributed by atoms with E-state index in [1.807, 2.05) is 0 Å². The van der Waals surface area contributed by atoms with Crippen LogP contribution in [0.2, 0.25) is 0 Å². The van der Waals surface area contributed by atoms with E-state index in [-0.39, 0.29) is 0 Å². The second kappa shape index (κ2) is 14.7. The maximum atomic E-state index is 11.8. The molecule has 18 nitrogen and oxygen atoms in total. The van der Waals surface area contributed by atoms with Gasteiger partial charge in [-0.3, -0.25) is 9.59 Å². The average molecular weight is 601 g/mol. The van der Waals surface area contributed by atoms with E-state index in [2.05, 4.69) is 10.6 Å². The van der Waals surface area contributed by atoms with E-state index in [4.69, 9.17) is 28.4 Å². The molecule has 0 aromatic heterocycles. The molecule has 0 aromatic carbocycles. The number of aliphatic hydroxyl groups is 8. The smallest absolute Gasteiger partial charge is 0.217 e. The topological polar surface area (TPSA) is 275 Å². The number of hydrogen-bond acceptors (Lipinski definition) is 16. The number of hydrogen-bond donors (Lipinski definition) is 10. The SMILES string of the molecule is COC1OC(CO)C(OC2OC(CO)C(O)C(O)C2NC(C)=O)C(O)C1OC1OC(CO)C(O)C(O)C1NC(C)=O. The highest BCUT2D eigenvalue weighted by Gasteiger charge is 2.54. The zero-order chi connectivity index (χ0) is 30.6. The van der Waals surface area contributed by atoms with E-state index in [0.717, 1.165) is 13.8 Å². The van der Waals surface area contributed by atoms with E-state index in [0.29, 0.717) is 0 Å². The lowest BCUT2D eigenvalue weighted by atomic mass is 9.94. The van der Waals surface area contributed by atoms with Gasteiger partial charge in [0.15, 0.2) is 18.9 Å². The van der Waals surface area contributed by atoms with Crippen LogP contribution in [0.5, 0.6) is 0 Å². The first kappa shape index (κ1) is 33.9. The molecule has 2 amide bonds. The third-order valence-electron chi connectivity index (χ3n) is 7.11. The van der Waals surface area contributed by atoms with Crippen molar-refractivity contribution in [2.24, 2.45) is 0 Å². The van der Waals surface area contributed by atoms with Crippen molar-refractivity contribution in [3.05, 3.63) is 0 Å². The molecule has 0 aliphatic carbocycles. The highest BCUT2D eigenvalue weighted by atomic mass is 16.8. The first-order valence-corrected chi connectivity index (χ1v) is 13.0. The number of methoxy groups -OCH3 is 1. The highest BCUT2D eigenvalue weighted by molar-refractivity contribution is 5.73. The summed E-state index contributed by atoms with van der Waals surface area (Å²) in [6.45, 7) is 0.0777. The van der Waals surface area contributed by atoms with E-state index >= 15 is 0 Å². The lowest BCUT2D eigenvalue weighted by Crippen LogP contribution is -2.69. The summed E-state index contributed by atoms with van der Waals surface area (Å²) in [5.41, 5.74) is 0. The van der Waals surface area contributed by atoms with E-state index in [9.17, 15) is 50.4 Å². The van der Waals surface area contributed by atoms with Crippen molar-refractivity contribution < 1.29 is 78.9 Å². The van der Waals surface area contributed by atoms with Crippen molar-refractivity contribution in [3.8, 4) is 0 Å². The van der Waals surface area contributed by atoms with Gasteiger partial charge in [-0.2, -0.15) is 0 Å². The Balaban J connectivity index is 1.89. The normalized spacial score (nSPS) is 45.2. The van der Waals surface area contributed by atoms with Crippen molar-refractivity contribution in [1.82, 2.24) is 10.6 Å². The quantitative estimate of drug-likeness (QED) is 0.112. The second-order valence-electron chi connectivity index (χ2n) is 10.0. The molecule has 41 heavy (non-hydrogen) atoms. The van der Waals surface area contributed by atoms with Gasteiger partial charge in [-0.05, 0) is 0 Å². The second-order valence-corrected chi connectivity index (χ2v) is 10.0. The van der Waals surface area contributed by atoms with E-state index in [1.54, 1.807) is 0 Å². The molecule has 3 fully saturated rings. The Bertz CT molecular complexity index is 804. The van der Waals surface area contributed by atoms with Crippen LogP contribution >= 0.6 is 0 Å². The molecule has 10 N–H and O–H groups in total. The first-order chi connectivity index (χ1) is 19.4. The zero-order valence-electron chi connectivity index (χ0n) is 22.6. The molecule has 15 atom stereocenters. The van der Waals surface area contributed by atoms with Crippen LogP contribution in [0.25, 0.3) is 0 Å². The number of carbonyl (C=O) groups is 2. The van der Waals surface area contributed by atoms with Crippen molar-refractivity contribution >= 4 is 11.8 Å². The Labute approximate surface area is 234 Å². The van der Waals surface area contributed by atoms with Crippen LogP contribution in [0.3, 0.4) is 0 Å². The fourth-order valence-electron chi connectivity index (χ4n) is 5.03. The van der Waals surface area contributed by atoms with Gasteiger partial charge in [0.1, 0.15) is 73.1 Å². The van der Waals surface area contributed by atoms with Gasteiger partial charge >= 0.3 is 0 Å². The summed E-state index contributed by atoms with van der Waals surface area (Å²) >= 11 is 0. The van der Waals surface area contributed by atoms with Crippen molar-refractivity contribution in [2.75, 3.05) is 26.9 Å². The van der Waals surface area contributed by atoms with Crippen LogP contribution in [0.4, 0.5) is 0 Å². The number of amides is 2. The van der Waals surface area contributed by atoms with Gasteiger partial charge in [0.2, 0.25) is 11.8 Å². The number of aliphatic hydroxyl groups excluding tert-OH is 8. The van der Waals surface area contributed by atoms with Gasteiger partial charge in [0.05, 0.1) is 19.8 Å². The van der Waals surface area contributed by atoms with Gasteiger partial charge < -0.3 is 79.9 Å². The van der Waals surface area contributed by atoms with Crippen LogP contribution in [0.15, 0.2) is 0 Å². The highest BCUT2D eigenvalue weighted by Crippen LogP contribution is 2.33. The number of ether oxygens (including phenoxy) is 6. The average Bonchev–Trinajstić information content (AvgIpc) is 2.93. The predicted molar refractivity (Wildman–Crippen MR) is 129 cm³/mol. The minimum Gasteiger partial charge on any atom is -0.394 e. The van der Waals surface area contributed by atoms with Gasteiger partial charge in [0, 0.05) is 21.0 Å². The van der Waals surface area contributed by atoms with Crippen LogP contribution in [-0.4, -0.2) is 172 Å². The largest absolute Gasteiger partial charge is 0.394 e. The Morgan fingerprint density at radius 3 is 1.37 bits per heavy atom.